The van der Waals surface area contributed by atoms with Crippen LogP contribution in [0, 0.1) is 235 Å². The van der Waals surface area contributed by atoms with Crippen LogP contribution in [0.5, 0.6) is 0 Å². The molecule has 30 aliphatic carbocycles. The maximum absolute atomic E-state index is 10.4. The molecule has 0 amide bonds. The first-order valence-electron chi connectivity index (χ1n) is 66.0. The van der Waals surface area contributed by atoms with Crippen LogP contribution in [0.25, 0.3) is 0 Å². The average molecular weight is 2010 g/mol. The Bertz CT molecular complexity index is 3490. The second kappa shape index (κ2) is 50.4. The van der Waals surface area contributed by atoms with Crippen molar-refractivity contribution in [2.45, 2.75) is 667 Å². The standard InChI is InChI=1S/3C14H24.C13H22O.C13H22.C12H20O.C12H20.C9H18.C9H20.C7H14.2C7H16.C6H14.C5H12/c1-13(2,3)14-7-10-4-11(8-14)6-12(5-10)9-14;1-9(2)14(3)12-5-10-4-11(7-12)8-13(14)6-10;1-3-4-14(2)12-6-10-5-11(8-12)9-13(14)7-10;1-3-12(2)10-4-9-5-11(12)8-13(14,6-9)7-10;1-3-13(2)11-5-9-4-10(7-11)8-12(13)6-9;1-11(2)9-3-8-4-10(11)7-12(13,5-8)6-9;1-12(2)10-4-8-3-9(6-10)7-11(12)5-8;1-3-9(2)7-5-4-6-8-9;1-5-7-9(3,4)8-6-2;1-7(2)5-3-4-6-7;1-5-6-7(2,3)4;1-5-7(3,4)6-2;1-5-6(2,3)4;1-5(2,3)4/h10-12H,4-9H2,1-3H3;9-13H,4-8H2,1-3H3;10-13H,3-9H2,1-2H3;9-11,14H,3-8H2,1-2H3;9-12H,3-8H2,1-2H3;8-10,13H,3-7H2,1-2H3;8-11H,3-7H2,1-2H3;3-8H2,1-2H3;5-8H2,1-4H3;3-6H2,1-2H3;2*5-6H2,1-4H3;5H2,1-4H3;1-4H3. The van der Waals surface area contributed by atoms with Gasteiger partial charge in [0.2, 0.25) is 0 Å². The quantitative estimate of drug-likeness (QED) is 0.193. The minimum absolute atomic E-state index is 0.244. The Morgan fingerprint density at radius 3 is 0.750 bits per heavy atom. The van der Waals surface area contributed by atoms with E-state index in [2.05, 4.69) is 277 Å². The van der Waals surface area contributed by atoms with Crippen molar-refractivity contribution >= 4 is 0 Å². The number of hydrogen-bond acceptors (Lipinski definition) is 2. The van der Waals surface area contributed by atoms with Crippen molar-refractivity contribution in [3.05, 3.63) is 0 Å². The van der Waals surface area contributed by atoms with E-state index in [0.29, 0.717) is 59.6 Å². The van der Waals surface area contributed by atoms with Gasteiger partial charge in [-0.25, -0.2) is 0 Å². The summed E-state index contributed by atoms with van der Waals surface area (Å²) in [5, 5.41) is 20.8. The van der Waals surface area contributed by atoms with Crippen molar-refractivity contribution in [3.63, 3.8) is 0 Å². The van der Waals surface area contributed by atoms with Gasteiger partial charge in [0.1, 0.15) is 0 Å². The second-order valence-electron chi connectivity index (χ2n) is 68.8. The maximum atomic E-state index is 10.4. The summed E-state index contributed by atoms with van der Waals surface area (Å²) in [6.07, 6.45) is 85.4. The Balaban J connectivity index is 0.000000161. The molecule has 0 spiro atoms. The lowest BCUT2D eigenvalue weighted by Gasteiger charge is -2.63. The third-order valence-electron chi connectivity index (χ3n) is 50.3. The molecule has 30 saturated carbocycles. The molecule has 0 aliphatic heterocycles. The van der Waals surface area contributed by atoms with Crippen LogP contribution in [-0.4, -0.2) is 21.4 Å². The zero-order chi connectivity index (χ0) is 107. The van der Waals surface area contributed by atoms with Crippen molar-refractivity contribution in [2.75, 3.05) is 0 Å². The fraction of sp³-hybridized carbons (Fsp3) is 1.00. The maximum Gasteiger partial charge on any atom is 0.0656 e. The van der Waals surface area contributed by atoms with E-state index in [1.807, 2.05) is 0 Å². The number of rotatable bonds is 13. The molecule has 0 aromatic rings. The highest BCUT2D eigenvalue weighted by molar-refractivity contribution is 5.14. The van der Waals surface area contributed by atoms with E-state index < -0.39 is 0 Å². The second-order valence-corrected chi connectivity index (χ2v) is 68.8. The van der Waals surface area contributed by atoms with E-state index in [9.17, 15) is 10.2 Å². The fourth-order valence-corrected chi connectivity index (χ4v) is 39.4. The molecule has 4 unspecified atom stereocenters. The summed E-state index contributed by atoms with van der Waals surface area (Å²) in [5.41, 5.74) is 8.97. The van der Waals surface area contributed by atoms with E-state index in [1.54, 1.807) is 167 Å². The minimum atomic E-state index is -0.245. The lowest BCUT2D eigenvalue weighted by atomic mass is 9.43. The molecule has 4 atom stereocenters. The van der Waals surface area contributed by atoms with Crippen LogP contribution < -0.4 is 0 Å². The molecule has 0 aromatic carbocycles. The highest BCUT2D eigenvalue weighted by Gasteiger charge is 2.63. The molecular formula is C142H266O2. The Kier molecular flexibility index (Phi) is 44.0. The third kappa shape index (κ3) is 32.8. The molecular weight excluding hydrogens is 1740 g/mol. The number of aliphatic hydroxyl groups is 2. The van der Waals surface area contributed by atoms with Gasteiger partial charge in [0.15, 0.2) is 0 Å². The molecule has 30 aliphatic rings. The first-order chi connectivity index (χ1) is 66.6. The summed E-state index contributed by atoms with van der Waals surface area (Å²) >= 11 is 0. The van der Waals surface area contributed by atoms with Gasteiger partial charge < -0.3 is 10.2 Å². The average Bonchev–Trinajstić information content (AvgIpc) is 1.10. The van der Waals surface area contributed by atoms with Crippen molar-refractivity contribution in [3.8, 4) is 0 Å². The SMILES string of the molecule is CC(C)(C)C.CC(C)(C)C12CC3CC(CC(C3)C1)C2.CC(C)C1(C)C2CC3CC(C2)CC1C3.CC1(C)C2CC3CC(C2)CC1C3.CC1(C)C2CC3CC1CC(O)(C3)C2.CC1(C)CCCC1.CCC(C)(C)C.CCC(C)(C)CC.CCC1(C)C2CC3CC(C2)CC1C3.CCC1(C)C2CC3CC1CC(O)(C3)C2.CCC1(C)CCCCC1.CCCC(C)(C)C.CCCC(C)(C)CCC.CCCC1(C)C2CC3CC(C2)CC1C3. The fourth-order valence-electron chi connectivity index (χ4n) is 39.4. The first kappa shape index (κ1) is 126. The van der Waals surface area contributed by atoms with Gasteiger partial charge in [0.05, 0.1) is 11.2 Å². The topological polar surface area (TPSA) is 40.5 Å². The van der Waals surface area contributed by atoms with E-state index in [1.165, 1.54) is 173 Å². The van der Waals surface area contributed by atoms with E-state index in [0.717, 1.165) is 214 Å². The van der Waals surface area contributed by atoms with Crippen molar-refractivity contribution in [1.29, 1.82) is 0 Å². The summed E-state index contributed by atoms with van der Waals surface area (Å²) in [5.74, 6) is 27.1. The molecule has 2 N–H and O–H groups in total. The minimum Gasteiger partial charge on any atom is -0.390 e. The Morgan fingerprint density at radius 1 is 0.250 bits per heavy atom. The molecule has 2 nitrogen and oxygen atoms in total. The van der Waals surface area contributed by atoms with Gasteiger partial charge in [-0.3, -0.25) is 0 Å². The summed E-state index contributed by atoms with van der Waals surface area (Å²) in [6, 6.07) is 0. The normalized spacial score (nSPS) is 42.5. The predicted molar refractivity (Wildman–Crippen MR) is 636 cm³/mol. The molecule has 0 heterocycles. The summed E-state index contributed by atoms with van der Waals surface area (Å²) in [7, 11) is 0. The monoisotopic (exact) mass is 2000 g/mol. The molecule has 0 aromatic heterocycles. The first-order valence-corrected chi connectivity index (χ1v) is 66.0. The highest BCUT2D eigenvalue weighted by Crippen LogP contribution is 2.72. The van der Waals surface area contributed by atoms with Crippen molar-refractivity contribution in [2.24, 2.45) is 235 Å². The molecule has 0 radical (unpaired) electrons. The van der Waals surface area contributed by atoms with Gasteiger partial charge in [-0.2, -0.15) is 0 Å². The van der Waals surface area contributed by atoms with Crippen LogP contribution in [0.3, 0.4) is 0 Å². The molecule has 30 fully saturated rings. The lowest BCUT2D eigenvalue weighted by Crippen LogP contribution is -2.58. The highest BCUT2D eigenvalue weighted by atomic mass is 16.3. The van der Waals surface area contributed by atoms with Gasteiger partial charge in [0.25, 0.3) is 0 Å². The van der Waals surface area contributed by atoms with Gasteiger partial charge in [-0.15, -0.1) is 0 Å². The molecule has 2 heteroatoms. The van der Waals surface area contributed by atoms with Crippen molar-refractivity contribution in [1.82, 2.24) is 0 Å². The van der Waals surface area contributed by atoms with Gasteiger partial charge in [-0.1, -0.05) is 373 Å². The molecule has 144 heavy (non-hydrogen) atoms. The van der Waals surface area contributed by atoms with Gasteiger partial charge >= 0.3 is 0 Å². The van der Waals surface area contributed by atoms with Crippen LogP contribution in [-0.2, 0) is 0 Å². The third-order valence-corrected chi connectivity index (χ3v) is 50.3. The smallest absolute Gasteiger partial charge is 0.0656 e. The van der Waals surface area contributed by atoms with Gasteiger partial charge in [0, 0.05) is 0 Å². The Morgan fingerprint density at radius 2 is 0.514 bits per heavy atom. The van der Waals surface area contributed by atoms with E-state index in [4.69, 9.17) is 0 Å². The zero-order valence-corrected chi connectivity index (χ0v) is 106. The molecule has 28 bridgehead atoms. The van der Waals surface area contributed by atoms with E-state index in [-0.39, 0.29) is 11.2 Å². The van der Waals surface area contributed by atoms with Crippen LogP contribution in [0.1, 0.15) is 656 Å². The summed E-state index contributed by atoms with van der Waals surface area (Å²) in [6.45, 7) is 94.2. The predicted octanol–water partition coefficient (Wildman–Crippen LogP) is 45.2. The number of hydrogen-bond donors (Lipinski definition) is 2. The van der Waals surface area contributed by atoms with Crippen molar-refractivity contribution < 1.29 is 10.2 Å². The summed E-state index contributed by atoms with van der Waals surface area (Å²) in [4.78, 5) is 0. The van der Waals surface area contributed by atoms with Crippen LogP contribution in [0.2, 0.25) is 0 Å². The molecule has 846 valence electrons. The summed E-state index contributed by atoms with van der Waals surface area (Å²) < 4.78 is 0. The molecule has 30 rings (SSSR count). The van der Waals surface area contributed by atoms with Crippen LogP contribution in [0.4, 0.5) is 0 Å². The Hall–Kier alpha value is -0.0800. The van der Waals surface area contributed by atoms with Crippen LogP contribution in [0.15, 0.2) is 0 Å². The van der Waals surface area contributed by atoms with Gasteiger partial charge in [-0.05, 0) is 518 Å². The zero-order valence-electron chi connectivity index (χ0n) is 106. The molecule has 0 saturated heterocycles. The van der Waals surface area contributed by atoms with Crippen LogP contribution >= 0.6 is 0 Å². The van der Waals surface area contributed by atoms with E-state index >= 15 is 0 Å². The lowest BCUT2D eigenvalue weighted by molar-refractivity contribution is -0.186. The largest absolute Gasteiger partial charge is 0.390 e. The Labute approximate surface area is 906 Å².